The Morgan fingerprint density at radius 1 is 1.53 bits per heavy atom. The Labute approximate surface area is 106 Å². The van der Waals surface area contributed by atoms with Crippen LogP contribution < -0.4 is 11.1 Å². The van der Waals surface area contributed by atoms with Gasteiger partial charge in [-0.05, 0) is 36.8 Å². The Balaban J connectivity index is 2.68. The van der Waals surface area contributed by atoms with Crippen molar-refractivity contribution in [2.24, 2.45) is 5.73 Å². The maximum absolute atomic E-state index is 11.5. The second-order valence-corrected chi connectivity index (χ2v) is 5.69. The van der Waals surface area contributed by atoms with Gasteiger partial charge in [0.25, 0.3) is 0 Å². The molecular weight excluding hydrogens is 259 g/mol. The molecular formula is C10H15N2O3PS. The minimum atomic E-state index is -3.53. The highest BCUT2D eigenvalue weighted by Gasteiger charge is 2.18. The zero-order chi connectivity index (χ0) is 12.9. The van der Waals surface area contributed by atoms with Crippen LogP contribution in [0.4, 0.5) is 5.69 Å². The molecule has 1 atom stereocenters. The van der Waals surface area contributed by atoms with Crippen LogP contribution in [0.2, 0.25) is 0 Å². The molecule has 94 valence electrons. The van der Waals surface area contributed by atoms with Crippen LogP contribution in [0.25, 0.3) is 0 Å². The van der Waals surface area contributed by atoms with Gasteiger partial charge in [-0.25, -0.2) is 0 Å². The average molecular weight is 274 g/mol. The quantitative estimate of drug-likeness (QED) is 0.563. The summed E-state index contributed by atoms with van der Waals surface area (Å²) < 4.78 is 16.3. The first kappa shape index (κ1) is 14.1. The molecule has 7 heteroatoms. The number of benzene rings is 1. The van der Waals surface area contributed by atoms with Crippen molar-refractivity contribution in [3.05, 3.63) is 29.8 Å². The van der Waals surface area contributed by atoms with E-state index in [9.17, 15) is 9.46 Å². The van der Waals surface area contributed by atoms with Gasteiger partial charge in [0.2, 0.25) is 0 Å². The topological polar surface area (TPSA) is 84.6 Å². The summed E-state index contributed by atoms with van der Waals surface area (Å²) in [4.78, 5) is 9.46. The van der Waals surface area contributed by atoms with Crippen molar-refractivity contribution in [2.45, 2.75) is 13.1 Å². The number of hydrogen-bond acceptors (Lipinski definition) is 3. The lowest BCUT2D eigenvalue weighted by Gasteiger charge is -2.11. The third-order valence-electron chi connectivity index (χ3n) is 1.93. The Kier molecular flexibility index (Phi) is 5.08. The van der Waals surface area contributed by atoms with E-state index in [1.165, 1.54) is 0 Å². The molecule has 0 fully saturated rings. The fourth-order valence-corrected chi connectivity index (χ4v) is 2.60. The molecule has 0 aliphatic heterocycles. The molecule has 0 amide bonds. The minimum Gasteiger partial charge on any atom is -0.376 e. The van der Waals surface area contributed by atoms with Gasteiger partial charge < -0.3 is 20.5 Å². The summed E-state index contributed by atoms with van der Waals surface area (Å²) in [7, 11) is -3.53. The van der Waals surface area contributed by atoms with Gasteiger partial charge in [0.05, 0.1) is 12.8 Å². The van der Waals surface area contributed by atoms with Crippen LogP contribution in [0, 0.1) is 0 Å². The molecule has 1 unspecified atom stereocenters. The van der Waals surface area contributed by atoms with Crippen LogP contribution in [0.15, 0.2) is 24.3 Å². The van der Waals surface area contributed by atoms with E-state index in [1.54, 1.807) is 31.2 Å². The lowest BCUT2D eigenvalue weighted by molar-refractivity contribution is 0.272. The fraction of sp³-hybridized carbons (Fsp3) is 0.300. The van der Waals surface area contributed by atoms with Gasteiger partial charge in [-0.1, -0.05) is 12.1 Å². The molecule has 0 radical (unpaired) electrons. The molecule has 1 aromatic rings. The van der Waals surface area contributed by atoms with E-state index in [0.717, 1.165) is 11.3 Å². The molecule has 0 spiro atoms. The van der Waals surface area contributed by atoms with Crippen molar-refractivity contribution in [1.29, 1.82) is 0 Å². The lowest BCUT2D eigenvalue weighted by Crippen LogP contribution is -2.18. The van der Waals surface area contributed by atoms with Crippen LogP contribution in [-0.2, 0) is 15.3 Å². The maximum atomic E-state index is 11.5. The summed E-state index contributed by atoms with van der Waals surface area (Å²) in [6, 6.07) is 6.92. The summed E-state index contributed by atoms with van der Waals surface area (Å²) in [6.07, 6.45) is -0.00576. The molecule has 1 aromatic carbocycles. The van der Waals surface area contributed by atoms with E-state index in [4.69, 9.17) is 22.5 Å². The van der Waals surface area contributed by atoms with E-state index < -0.39 is 7.60 Å². The van der Waals surface area contributed by atoms with Crippen LogP contribution in [0.5, 0.6) is 0 Å². The van der Waals surface area contributed by atoms with Crippen LogP contribution in [-0.4, -0.2) is 16.6 Å². The summed E-state index contributed by atoms with van der Waals surface area (Å²) in [5.41, 5.74) is 6.78. The molecule has 4 N–H and O–H groups in total. The first-order valence-corrected chi connectivity index (χ1v) is 7.22. The van der Waals surface area contributed by atoms with Crippen molar-refractivity contribution in [3.63, 3.8) is 0 Å². The third-order valence-corrected chi connectivity index (χ3v) is 3.46. The molecule has 17 heavy (non-hydrogen) atoms. The van der Waals surface area contributed by atoms with E-state index >= 15 is 0 Å². The monoisotopic (exact) mass is 274 g/mol. The lowest BCUT2D eigenvalue weighted by atomic mass is 10.2. The van der Waals surface area contributed by atoms with Gasteiger partial charge in [-0.2, -0.15) is 0 Å². The second kappa shape index (κ2) is 6.12. The van der Waals surface area contributed by atoms with Gasteiger partial charge in [-0.15, -0.1) is 0 Å². The first-order chi connectivity index (χ1) is 7.93. The standard InChI is InChI=1S/C10H15N2O3PS/c1-2-15-16(13,14)7-8-3-5-9(6-4-8)12-10(11)17/h3-6H,2,7H2,1H3,(H,13,14)(H3,11,12,17). The van der Waals surface area contributed by atoms with E-state index in [-0.39, 0.29) is 17.9 Å². The van der Waals surface area contributed by atoms with Crippen molar-refractivity contribution >= 4 is 30.6 Å². The summed E-state index contributed by atoms with van der Waals surface area (Å²) in [5.74, 6) is 0. The molecule has 0 heterocycles. The van der Waals surface area contributed by atoms with E-state index in [1.807, 2.05) is 0 Å². The predicted octanol–water partition coefficient (Wildman–Crippen LogP) is 2.06. The van der Waals surface area contributed by atoms with E-state index in [2.05, 4.69) is 5.32 Å². The Morgan fingerprint density at radius 2 is 2.12 bits per heavy atom. The maximum Gasteiger partial charge on any atom is 0.332 e. The summed E-state index contributed by atoms with van der Waals surface area (Å²) in [5, 5.41) is 2.95. The first-order valence-electron chi connectivity index (χ1n) is 5.04. The minimum absolute atomic E-state index is 0.00576. The third kappa shape index (κ3) is 5.28. The number of rotatable bonds is 5. The number of hydrogen-bond donors (Lipinski definition) is 3. The number of nitrogens with two attached hydrogens (primary N) is 1. The number of nitrogens with one attached hydrogen (secondary N) is 1. The molecule has 0 bridgehead atoms. The Morgan fingerprint density at radius 3 is 2.59 bits per heavy atom. The van der Waals surface area contributed by atoms with Crippen molar-refractivity contribution in [3.8, 4) is 0 Å². The number of thiocarbonyl (C=S) groups is 1. The molecule has 5 nitrogen and oxygen atoms in total. The SMILES string of the molecule is CCOP(=O)(O)Cc1ccc(NC(N)=S)cc1. The summed E-state index contributed by atoms with van der Waals surface area (Å²) >= 11 is 4.69. The highest BCUT2D eigenvalue weighted by Crippen LogP contribution is 2.45. The zero-order valence-electron chi connectivity index (χ0n) is 9.42. The van der Waals surface area contributed by atoms with Gasteiger partial charge in [0.1, 0.15) is 0 Å². The molecule has 0 aromatic heterocycles. The molecule has 0 saturated heterocycles. The van der Waals surface area contributed by atoms with Crippen LogP contribution in [0.3, 0.4) is 0 Å². The second-order valence-electron chi connectivity index (χ2n) is 3.40. The van der Waals surface area contributed by atoms with Gasteiger partial charge >= 0.3 is 7.60 Å². The zero-order valence-corrected chi connectivity index (χ0v) is 11.1. The van der Waals surface area contributed by atoms with Crippen molar-refractivity contribution in [1.82, 2.24) is 0 Å². The fourth-order valence-electron chi connectivity index (χ4n) is 1.31. The van der Waals surface area contributed by atoms with Gasteiger partial charge in [0.15, 0.2) is 5.11 Å². The van der Waals surface area contributed by atoms with Gasteiger partial charge in [0, 0.05) is 5.69 Å². The van der Waals surface area contributed by atoms with Crippen LogP contribution in [0.1, 0.15) is 12.5 Å². The molecule has 0 aliphatic carbocycles. The van der Waals surface area contributed by atoms with E-state index in [0.29, 0.717) is 0 Å². The predicted molar refractivity (Wildman–Crippen MR) is 72.0 cm³/mol. The highest BCUT2D eigenvalue weighted by molar-refractivity contribution is 7.80. The number of anilines is 1. The highest BCUT2D eigenvalue weighted by atomic mass is 32.1. The molecule has 0 aliphatic rings. The average Bonchev–Trinajstić information content (AvgIpc) is 2.19. The van der Waals surface area contributed by atoms with Crippen molar-refractivity contribution < 1.29 is 14.0 Å². The largest absolute Gasteiger partial charge is 0.376 e. The smallest absolute Gasteiger partial charge is 0.332 e. The molecule has 1 rings (SSSR count). The van der Waals surface area contributed by atoms with Gasteiger partial charge in [-0.3, -0.25) is 4.57 Å². The molecule has 0 saturated carbocycles. The van der Waals surface area contributed by atoms with Crippen LogP contribution >= 0.6 is 19.8 Å². The Bertz CT molecular complexity index is 436. The normalized spacial score (nSPS) is 14.0. The Hall–Kier alpha value is -0.940. The summed E-state index contributed by atoms with van der Waals surface area (Å²) in [6.45, 7) is 1.90. The van der Waals surface area contributed by atoms with Crippen molar-refractivity contribution in [2.75, 3.05) is 11.9 Å².